The number of hydrogen-bond acceptors (Lipinski definition) is 1. The van der Waals surface area contributed by atoms with E-state index in [1.54, 1.807) is 7.11 Å². The molecule has 20 heavy (non-hydrogen) atoms. The fraction of sp³-hybridized carbons (Fsp3) is 0.333. The Morgan fingerprint density at radius 1 is 0.900 bits per heavy atom. The molecule has 0 aliphatic rings. The molecule has 1 nitrogen and oxygen atoms in total. The number of methoxy groups -OCH3 is 1. The Hall–Kier alpha value is -1.33. The third-order valence-electron chi connectivity index (χ3n) is 3.40. The van der Waals surface area contributed by atoms with Crippen LogP contribution in [0.2, 0.25) is 0 Å². The minimum Gasteiger partial charge on any atom is -0.496 e. The molecule has 2 heteroatoms. The summed E-state index contributed by atoms with van der Waals surface area (Å²) in [7, 11) is 1.48. The maximum Gasteiger partial charge on any atom is 0.122 e. The van der Waals surface area contributed by atoms with Crippen molar-refractivity contribution < 1.29 is 4.74 Å². The lowest BCUT2D eigenvalue weighted by molar-refractivity contribution is 0.411. The molecule has 0 saturated heterocycles. The molecule has 0 unspecified atom stereocenters. The topological polar surface area (TPSA) is 9.23 Å². The zero-order chi connectivity index (χ0) is 14.6. The van der Waals surface area contributed by atoms with Crippen molar-refractivity contribution in [3.05, 3.63) is 60.2 Å². The molecule has 2 aromatic carbocycles. The smallest absolute Gasteiger partial charge is 0.122 e. The van der Waals surface area contributed by atoms with Gasteiger partial charge in [0, 0.05) is 6.16 Å². The van der Waals surface area contributed by atoms with Gasteiger partial charge in [-0.1, -0.05) is 77.2 Å². The van der Waals surface area contributed by atoms with Gasteiger partial charge in [0.15, 0.2) is 0 Å². The first-order valence-electron chi connectivity index (χ1n) is 6.97. The van der Waals surface area contributed by atoms with Gasteiger partial charge in [0.1, 0.15) is 5.75 Å². The van der Waals surface area contributed by atoms with E-state index in [0.717, 1.165) is 11.9 Å². The van der Waals surface area contributed by atoms with Gasteiger partial charge in [-0.15, -0.1) is 0 Å². The molecule has 0 spiro atoms. The molecular weight excluding hydrogens is 263 g/mol. The maximum absolute atomic E-state index is 5.51. The quantitative estimate of drug-likeness (QED) is 0.733. The summed E-state index contributed by atoms with van der Waals surface area (Å²) < 4.78 is 5.51. The largest absolute Gasteiger partial charge is 0.496 e. The van der Waals surface area contributed by atoms with Crippen molar-refractivity contribution in [1.29, 1.82) is 0 Å². The first kappa shape index (κ1) is 15.1. The molecule has 0 amide bonds. The predicted octanol–water partition coefficient (Wildman–Crippen LogP) is 4.80. The van der Waals surface area contributed by atoms with E-state index < -0.39 is 0 Å². The average molecular weight is 286 g/mol. The highest BCUT2D eigenvalue weighted by atomic mass is 31.1. The van der Waals surface area contributed by atoms with Crippen molar-refractivity contribution in [2.24, 2.45) is 0 Å². The first-order chi connectivity index (χ1) is 9.52. The van der Waals surface area contributed by atoms with Crippen LogP contribution in [0, 0.1) is 0 Å². The molecule has 0 bridgehead atoms. The van der Waals surface area contributed by atoms with Crippen LogP contribution in [-0.2, 0) is 6.16 Å². The van der Waals surface area contributed by atoms with E-state index in [1.807, 2.05) is 6.07 Å². The van der Waals surface area contributed by atoms with Gasteiger partial charge in [-0.25, -0.2) is 0 Å². The zero-order valence-corrected chi connectivity index (χ0v) is 13.7. The normalized spacial score (nSPS) is 13.0. The number of rotatable bonds is 4. The Labute approximate surface area is 123 Å². The Bertz CT molecular complexity index is 543. The van der Waals surface area contributed by atoms with E-state index in [1.165, 1.54) is 10.9 Å². The molecule has 0 N–H and O–H groups in total. The van der Waals surface area contributed by atoms with Gasteiger partial charge >= 0.3 is 0 Å². The summed E-state index contributed by atoms with van der Waals surface area (Å²) in [5.41, 5.74) is 1.31. The van der Waals surface area contributed by atoms with Crippen LogP contribution >= 0.6 is 7.92 Å². The van der Waals surface area contributed by atoms with Crippen LogP contribution in [0.25, 0.3) is 0 Å². The summed E-state index contributed by atoms with van der Waals surface area (Å²) in [5, 5.41) is 1.73. The second-order valence-corrected chi connectivity index (χ2v) is 8.93. The first-order valence-corrected chi connectivity index (χ1v) is 8.49. The third-order valence-corrected chi connectivity index (χ3v) is 6.60. The average Bonchev–Trinajstić information content (AvgIpc) is 2.45. The summed E-state index contributed by atoms with van der Waals surface area (Å²) in [6.45, 7) is 7.00. The molecular formula is C18H23OP. The number of ether oxygens (including phenoxy) is 1. The van der Waals surface area contributed by atoms with Crippen LogP contribution in [0.3, 0.4) is 0 Å². The molecule has 2 aromatic rings. The van der Waals surface area contributed by atoms with E-state index in [0.29, 0.717) is 0 Å². The van der Waals surface area contributed by atoms with Crippen molar-refractivity contribution in [2.75, 3.05) is 7.11 Å². The SMILES string of the molecule is COc1ccccc1C[P@](c1ccccc1)C(C)(C)C. The zero-order valence-electron chi connectivity index (χ0n) is 12.8. The maximum atomic E-state index is 5.51. The molecule has 106 valence electrons. The van der Waals surface area contributed by atoms with Gasteiger partial charge in [-0.2, -0.15) is 0 Å². The second kappa shape index (κ2) is 6.41. The second-order valence-electron chi connectivity index (χ2n) is 5.90. The third kappa shape index (κ3) is 3.61. The Morgan fingerprint density at radius 3 is 2.10 bits per heavy atom. The highest BCUT2D eigenvalue weighted by molar-refractivity contribution is 7.66. The summed E-state index contributed by atoms with van der Waals surface area (Å²) >= 11 is 0. The van der Waals surface area contributed by atoms with E-state index in [9.17, 15) is 0 Å². The molecule has 2 rings (SSSR count). The van der Waals surface area contributed by atoms with Crippen LogP contribution in [0.5, 0.6) is 5.75 Å². The molecule has 1 atom stereocenters. The van der Waals surface area contributed by atoms with E-state index >= 15 is 0 Å². The van der Waals surface area contributed by atoms with Crippen LogP contribution < -0.4 is 10.0 Å². The van der Waals surface area contributed by atoms with Gasteiger partial charge in [-0.05, 0) is 22.1 Å². The Kier molecular flexibility index (Phi) is 4.83. The monoisotopic (exact) mass is 286 g/mol. The van der Waals surface area contributed by atoms with Gasteiger partial charge in [-0.3, -0.25) is 0 Å². The summed E-state index contributed by atoms with van der Waals surface area (Å²) in [6, 6.07) is 19.2. The van der Waals surface area contributed by atoms with E-state index in [2.05, 4.69) is 69.3 Å². The molecule has 0 radical (unpaired) electrons. The number of benzene rings is 2. The van der Waals surface area contributed by atoms with Crippen LogP contribution in [0.1, 0.15) is 26.3 Å². The number of hydrogen-bond donors (Lipinski definition) is 0. The molecule has 0 aromatic heterocycles. The van der Waals surface area contributed by atoms with Crippen LogP contribution in [-0.4, -0.2) is 12.3 Å². The minimum absolute atomic E-state index is 0.275. The Balaban J connectivity index is 2.34. The lowest BCUT2D eigenvalue weighted by Crippen LogP contribution is -2.20. The predicted molar refractivity (Wildman–Crippen MR) is 89.4 cm³/mol. The molecule has 0 aliphatic heterocycles. The summed E-state index contributed by atoms with van der Waals surface area (Å²) in [5.74, 6) is 1.00. The highest BCUT2D eigenvalue weighted by Gasteiger charge is 2.26. The highest BCUT2D eigenvalue weighted by Crippen LogP contribution is 2.51. The van der Waals surface area contributed by atoms with Crippen LogP contribution in [0.4, 0.5) is 0 Å². The van der Waals surface area contributed by atoms with Gasteiger partial charge in [0.2, 0.25) is 0 Å². The van der Waals surface area contributed by atoms with E-state index in [-0.39, 0.29) is 13.1 Å². The van der Waals surface area contributed by atoms with Crippen LogP contribution in [0.15, 0.2) is 54.6 Å². The molecule has 0 saturated carbocycles. The fourth-order valence-corrected chi connectivity index (χ4v) is 4.89. The summed E-state index contributed by atoms with van der Waals surface area (Å²) in [4.78, 5) is 0. The van der Waals surface area contributed by atoms with E-state index in [4.69, 9.17) is 4.74 Å². The van der Waals surface area contributed by atoms with Crippen molar-refractivity contribution >= 4 is 13.2 Å². The van der Waals surface area contributed by atoms with Crippen molar-refractivity contribution in [3.8, 4) is 5.75 Å². The lowest BCUT2D eigenvalue weighted by atomic mass is 10.2. The lowest BCUT2D eigenvalue weighted by Gasteiger charge is -2.32. The number of para-hydroxylation sites is 1. The minimum atomic E-state index is -0.275. The van der Waals surface area contributed by atoms with Crippen molar-refractivity contribution in [2.45, 2.75) is 32.1 Å². The fourth-order valence-electron chi connectivity index (χ4n) is 2.33. The molecule has 0 aliphatic carbocycles. The van der Waals surface area contributed by atoms with Crippen molar-refractivity contribution in [1.82, 2.24) is 0 Å². The van der Waals surface area contributed by atoms with Crippen molar-refractivity contribution in [3.63, 3.8) is 0 Å². The molecule has 0 heterocycles. The van der Waals surface area contributed by atoms with Gasteiger partial charge < -0.3 is 4.74 Å². The Morgan fingerprint density at radius 2 is 1.50 bits per heavy atom. The standard InChI is InChI=1S/C18H23OP/c1-18(2,3)20(16-11-6-5-7-12-16)14-15-10-8-9-13-17(15)19-4/h5-13H,14H2,1-4H3/t20-/m1/s1. The summed E-state index contributed by atoms with van der Waals surface area (Å²) in [6.07, 6.45) is 1.06. The molecule has 0 fully saturated rings. The van der Waals surface area contributed by atoms with Gasteiger partial charge in [0.05, 0.1) is 7.11 Å². The van der Waals surface area contributed by atoms with Gasteiger partial charge in [0.25, 0.3) is 0 Å².